The monoisotopic (exact) mass is 463 g/mol. The lowest BCUT2D eigenvalue weighted by atomic mass is 10.1. The van der Waals surface area contributed by atoms with Crippen molar-refractivity contribution in [2.45, 2.75) is 44.2 Å². The molecule has 2 N–H and O–H groups in total. The van der Waals surface area contributed by atoms with Crippen LogP contribution < -0.4 is 14.9 Å². The molecule has 7 nitrogen and oxygen atoms in total. The van der Waals surface area contributed by atoms with Gasteiger partial charge in [-0.1, -0.05) is 41.9 Å². The summed E-state index contributed by atoms with van der Waals surface area (Å²) in [5.74, 6) is -1.02. The molecule has 9 heteroatoms. The van der Waals surface area contributed by atoms with Crippen molar-refractivity contribution >= 4 is 39.1 Å². The SMILES string of the molecule is CC(C)(C)NS(=O)(=O)c1ccccc1CNC(=O)[C@@H]1CC(=O)N(c2ccccc2Cl)C1. The molecule has 0 saturated carbocycles. The molecule has 1 aliphatic rings. The van der Waals surface area contributed by atoms with E-state index in [-0.39, 0.29) is 36.2 Å². The molecule has 31 heavy (non-hydrogen) atoms. The van der Waals surface area contributed by atoms with E-state index < -0.39 is 21.5 Å². The third kappa shape index (κ3) is 5.64. The Kier molecular flexibility index (Phi) is 6.73. The molecular formula is C22H26ClN3O4S. The first kappa shape index (κ1) is 23.2. The first-order valence-electron chi connectivity index (χ1n) is 9.92. The molecule has 0 spiro atoms. The van der Waals surface area contributed by atoms with Crippen molar-refractivity contribution < 1.29 is 18.0 Å². The van der Waals surface area contributed by atoms with Crippen molar-refractivity contribution in [2.75, 3.05) is 11.4 Å². The molecule has 1 fully saturated rings. The summed E-state index contributed by atoms with van der Waals surface area (Å²) in [6.45, 7) is 5.54. The van der Waals surface area contributed by atoms with Gasteiger partial charge in [-0.05, 0) is 44.5 Å². The predicted molar refractivity (Wildman–Crippen MR) is 120 cm³/mol. The summed E-state index contributed by atoms with van der Waals surface area (Å²) in [7, 11) is -3.75. The van der Waals surface area contributed by atoms with E-state index in [0.29, 0.717) is 16.3 Å². The number of nitrogens with zero attached hydrogens (tertiary/aromatic N) is 1. The first-order valence-corrected chi connectivity index (χ1v) is 11.8. The van der Waals surface area contributed by atoms with Crippen molar-refractivity contribution in [2.24, 2.45) is 5.92 Å². The topological polar surface area (TPSA) is 95.6 Å². The van der Waals surface area contributed by atoms with Crippen LogP contribution in [-0.4, -0.2) is 32.3 Å². The number of hydrogen-bond acceptors (Lipinski definition) is 4. The number of carbonyl (C=O) groups is 2. The van der Waals surface area contributed by atoms with Crippen LogP contribution in [0.2, 0.25) is 5.02 Å². The molecule has 166 valence electrons. The Morgan fingerprint density at radius 1 is 1.13 bits per heavy atom. The number of hydrogen-bond donors (Lipinski definition) is 2. The predicted octanol–water partition coefficient (Wildman–Crippen LogP) is 3.09. The zero-order valence-electron chi connectivity index (χ0n) is 17.7. The van der Waals surface area contributed by atoms with E-state index in [1.807, 2.05) is 0 Å². The summed E-state index contributed by atoms with van der Waals surface area (Å²) in [4.78, 5) is 26.8. The standard InChI is InChI=1S/C22H26ClN3O4S/c1-22(2,3)25-31(29,30)19-11-7-4-8-15(19)13-24-21(28)16-12-20(27)26(14-16)18-10-6-5-9-17(18)23/h4-11,16,25H,12-14H2,1-3H3,(H,24,28)/t16-/m1/s1. The third-order valence-electron chi connectivity index (χ3n) is 4.79. The Morgan fingerprint density at radius 2 is 1.77 bits per heavy atom. The van der Waals surface area contributed by atoms with Crippen LogP contribution in [0.5, 0.6) is 0 Å². The van der Waals surface area contributed by atoms with Crippen LogP contribution in [0, 0.1) is 5.92 Å². The molecule has 3 rings (SSSR count). The van der Waals surface area contributed by atoms with Crippen LogP contribution in [0.4, 0.5) is 5.69 Å². The lowest BCUT2D eigenvalue weighted by Gasteiger charge is -2.22. The van der Waals surface area contributed by atoms with Gasteiger partial charge in [-0.15, -0.1) is 0 Å². The molecule has 1 atom stereocenters. The Labute approximate surface area is 187 Å². The van der Waals surface area contributed by atoms with Gasteiger partial charge in [0, 0.05) is 25.0 Å². The lowest BCUT2D eigenvalue weighted by molar-refractivity contribution is -0.126. The van der Waals surface area contributed by atoms with Crippen LogP contribution >= 0.6 is 11.6 Å². The van der Waals surface area contributed by atoms with Gasteiger partial charge >= 0.3 is 0 Å². The Morgan fingerprint density at radius 3 is 2.45 bits per heavy atom. The second-order valence-electron chi connectivity index (χ2n) is 8.54. The third-order valence-corrected chi connectivity index (χ3v) is 6.97. The fraction of sp³-hybridized carbons (Fsp3) is 0.364. The van der Waals surface area contributed by atoms with Gasteiger partial charge in [-0.25, -0.2) is 13.1 Å². The van der Waals surface area contributed by atoms with Crippen LogP contribution in [-0.2, 0) is 26.2 Å². The van der Waals surface area contributed by atoms with Gasteiger partial charge in [0.2, 0.25) is 21.8 Å². The van der Waals surface area contributed by atoms with Crippen molar-refractivity contribution in [3.63, 3.8) is 0 Å². The van der Waals surface area contributed by atoms with Gasteiger partial charge in [-0.3, -0.25) is 9.59 Å². The van der Waals surface area contributed by atoms with Crippen LogP contribution in [0.3, 0.4) is 0 Å². The highest BCUT2D eigenvalue weighted by Crippen LogP contribution is 2.31. The molecule has 2 aromatic rings. The molecular weight excluding hydrogens is 438 g/mol. The largest absolute Gasteiger partial charge is 0.352 e. The number of rotatable bonds is 6. The summed E-state index contributed by atoms with van der Waals surface area (Å²) < 4.78 is 28.1. The average molecular weight is 464 g/mol. The summed E-state index contributed by atoms with van der Waals surface area (Å²) in [6, 6.07) is 13.5. The van der Waals surface area contributed by atoms with Gasteiger partial charge in [0.1, 0.15) is 0 Å². The van der Waals surface area contributed by atoms with Gasteiger partial charge in [0.25, 0.3) is 0 Å². The minimum Gasteiger partial charge on any atom is -0.352 e. The van der Waals surface area contributed by atoms with E-state index in [1.165, 1.54) is 11.0 Å². The number of sulfonamides is 1. The fourth-order valence-corrected chi connectivity index (χ4v) is 5.38. The van der Waals surface area contributed by atoms with Crippen molar-refractivity contribution in [1.29, 1.82) is 0 Å². The minimum absolute atomic E-state index is 0.0385. The minimum atomic E-state index is -3.75. The number of para-hydroxylation sites is 1. The van der Waals surface area contributed by atoms with E-state index in [1.54, 1.807) is 63.2 Å². The molecule has 1 saturated heterocycles. The first-order chi connectivity index (χ1) is 14.5. The number of amides is 2. The Hall–Kier alpha value is -2.42. The van der Waals surface area contributed by atoms with Crippen LogP contribution in [0.15, 0.2) is 53.4 Å². The Bertz CT molecular complexity index is 1100. The normalized spacial score (nSPS) is 17.1. The van der Waals surface area contributed by atoms with Crippen molar-refractivity contribution in [3.8, 4) is 0 Å². The van der Waals surface area contributed by atoms with E-state index in [9.17, 15) is 18.0 Å². The molecule has 2 aromatic carbocycles. The summed E-state index contributed by atoms with van der Waals surface area (Å²) >= 11 is 6.19. The summed E-state index contributed by atoms with van der Waals surface area (Å²) in [6.07, 6.45) is 0.0720. The van der Waals surface area contributed by atoms with Crippen molar-refractivity contribution in [1.82, 2.24) is 10.0 Å². The molecule has 0 aromatic heterocycles. The smallest absolute Gasteiger partial charge is 0.241 e. The van der Waals surface area contributed by atoms with Crippen molar-refractivity contribution in [3.05, 3.63) is 59.1 Å². The number of anilines is 1. The molecule has 1 heterocycles. The maximum atomic E-state index is 12.8. The highest BCUT2D eigenvalue weighted by molar-refractivity contribution is 7.89. The highest BCUT2D eigenvalue weighted by atomic mass is 35.5. The molecule has 0 unspecified atom stereocenters. The van der Waals surface area contributed by atoms with E-state index in [0.717, 1.165) is 0 Å². The highest BCUT2D eigenvalue weighted by Gasteiger charge is 2.36. The van der Waals surface area contributed by atoms with E-state index in [4.69, 9.17) is 11.6 Å². The van der Waals surface area contributed by atoms with Crippen LogP contribution in [0.25, 0.3) is 0 Å². The number of nitrogens with one attached hydrogen (secondary N) is 2. The van der Waals surface area contributed by atoms with E-state index >= 15 is 0 Å². The number of halogens is 1. The lowest BCUT2D eigenvalue weighted by Crippen LogP contribution is -2.41. The molecule has 0 aliphatic carbocycles. The number of benzene rings is 2. The van der Waals surface area contributed by atoms with Gasteiger partial charge in [0.05, 0.1) is 21.5 Å². The van der Waals surface area contributed by atoms with Gasteiger partial charge in [0.15, 0.2) is 0 Å². The second-order valence-corrected chi connectivity index (χ2v) is 10.6. The van der Waals surface area contributed by atoms with Gasteiger partial charge < -0.3 is 10.2 Å². The maximum absolute atomic E-state index is 12.8. The zero-order valence-corrected chi connectivity index (χ0v) is 19.3. The molecule has 2 amide bonds. The fourth-order valence-electron chi connectivity index (χ4n) is 3.48. The second kappa shape index (κ2) is 8.98. The van der Waals surface area contributed by atoms with E-state index in [2.05, 4.69) is 10.0 Å². The summed E-state index contributed by atoms with van der Waals surface area (Å²) in [5.41, 5.74) is 0.413. The van der Waals surface area contributed by atoms with Crippen LogP contribution in [0.1, 0.15) is 32.8 Å². The number of carbonyl (C=O) groups excluding carboxylic acids is 2. The summed E-state index contributed by atoms with van der Waals surface area (Å²) in [5, 5.41) is 3.23. The molecule has 0 bridgehead atoms. The van der Waals surface area contributed by atoms with Gasteiger partial charge in [-0.2, -0.15) is 0 Å². The maximum Gasteiger partial charge on any atom is 0.241 e. The molecule has 0 radical (unpaired) electrons. The quantitative estimate of drug-likeness (QED) is 0.688. The molecule has 1 aliphatic heterocycles. The average Bonchev–Trinajstić information content (AvgIpc) is 3.06. The Balaban J connectivity index is 1.70. The zero-order chi connectivity index (χ0) is 22.8.